The molecule has 285 valence electrons. The Bertz CT molecular complexity index is 2930. The molecule has 1 radical (unpaired) electrons. The molecular weight excluding hydrogens is 949 g/mol. The van der Waals surface area contributed by atoms with Gasteiger partial charge in [-0.15, -0.1) is 23.8 Å². The number of nitrogens with zero attached hydrogens (tertiary/aromatic N) is 4. The number of hydrogen-bond donors (Lipinski definition) is 0. The maximum absolute atomic E-state index is 6.08. The Balaban J connectivity index is 0.000000233. The number of benzene rings is 6. The summed E-state index contributed by atoms with van der Waals surface area (Å²) in [5, 5.41) is 1.98. The molecular formula is C51H40GeIrN4O-2. The molecule has 0 aliphatic heterocycles. The minimum atomic E-state index is -1.72. The first-order chi connectivity index (χ1) is 27.8. The summed E-state index contributed by atoms with van der Waals surface area (Å²) < 4.78 is 9.82. The molecule has 0 atom stereocenters. The molecule has 5 nitrogen and oxygen atoms in total. The molecule has 0 saturated carbocycles. The zero-order valence-corrected chi connectivity index (χ0v) is 37.2. The van der Waals surface area contributed by atoms with Crippen molar-refractivity contribution in [3.05, 3.63) is 188 Å². The van der Waals surface area contributed by atoms with Crippen molar-refractivity contribution in [3.63, 3.8) is 0 Å². The van der Waals surface area contributed by atoms with E-state index < -0.39 is 13.3 Å². The van der Waals surface area contributed by atoms with Crippen LogP contribution in [0.4, 0.5) is 0 Å². The molecule has 4 aromatic heterocycles. The van der Waals surface area contributed by atoms with Crippen molar-refractivity contribution < 1.29 is 24.5 Å². The zero-order chi connectivity index (χ0) is 38.9. The van der Waals surface area contributed by atoms with Crippen LogP contribution >= 0.6 is 0 Å². The predicted octanol–water partition coefficient (Wildman–Crippen LogP) is 12.5. The zero-order valence-electron chi connectivity index (χ0n) is 32.7. The summed E-state index contributed by atoms with van der Waals surface area (Å²) in [4.78, 5) is 14.3. The van der Waals surface area contributed by atoms with E-state index in [0.717, 1.165) is 83.7 Å². The summed E-state index contributed by atoms with van der Waals surface area (Å²) in [7, 11) is 0. The van der Waals surface area contributed by atoms with Crippen molar-refractivity contribution >= 4 is 50.8 Å². The third kappa shape index (κ3) is 7.71. The number of furan rings is 1. The smallest absolute Gasteiger partial charge is 0 e. The number of imidazole rings is 1. The summed E-state index contributed by atoms with van der Waals surface area (Å²) >= 11 is -1.72. The number of fused-ring (bicyclic) bond motifs is 4. The van der Waals surface area contributed by atoms with Gasteiger partial charge in [-0.25, -0.2) is 4.98 Å². The van der Waals surface area contributed by atoms with Crippen LogP contribution in [0.1, 0.15) is 5.69 Å². The fraction of sp³-hybridized carbons (Fsp3) is 0.0784. The molecule has 7 heteroatoms. The van der Waals surface area contributed by atoms with E-state index in [0.29, 0.717) is 5.71 Å². The first-order valence-corrected chi connectivity index (χ1v) is 26.5. The molecule has 10 aromatic rings. The van der Waals surface area contributed by atoms with Crippen molar-refractivity contribution in [2.45, 2.75) is 24.2 Å². The van der Waals surface area contributed by atoms with E-state index in [-0.39, 0.29) is 20.1 Å². The Kier molecular flexibility index (Phi) is 11.1. The van der Waals surface area contributed by atoms with Crippen LogP contribution in [0.25, 0.3) is 83.7 Å². The van der Waals surface area contributed by atoms with Crippen molar-refractivity contribution in [2.24, 2.45) is 0 Å². The van der Waals surface area contributed by atoms with E-state index in [9.17, 15) is 0 Å². The molecule has 0 saturated heterocycles. The molecule has 58 heavy (non-hydrogen) atoms. The van der Waals surface area contributed by atoms with Crippen molar-refractivity contribution in [3.8, 4) is 50.6 Å². The van der Waals surface area contributed by atoms with E-state index in [1.54, 1.807) is 0 Å². The predicted molar refractivity (Wildman–Crippen MR) is 238 cm³/mol. The quantitative estimate of drug-likeness (QED) is 0.123. The molecule has 4 heterocycles. The van der Waals surface area contributed by atoms with E-state index in [1.807, 2.05) is 55.6 Å². The van der Waals surface area contributed by atoms with Gasteiger partial charge in [-0.05, 0) is 42.3 Å². The van der Waals surface area contributed by atoms with E-state index in [4.69, 9.17) is 9.40 Å². The average Bonchev–Trinajstić information content (AvgIpc) is 3.82. The van der Waals surface area contributed by atoms with Crippen molar-refractivity contribution in [2.75, 3.05) is 0 Å². The fourth-order valence-corrected chi connectivity index (χ4v) is 9.46. The third-order valence-corrected chi connectivity index (χ3v) is 14.5. The maximum Gasteiger partial charge on any atom is 0 e. The molecule has 0 aliphatic rings. The minimum absolute atomic E-state index is 0. The van der Waals surface area contributed by atoms with Gasteiger partial charge in [0.05, 0.1) is 28.1 Å². The third-order valence-electron chi connectivity index (χ3n) is 10.3. The number of aryl methyl sites for hydroxylation is 1. The number of pyridine rings is 2. The summed E-state index contributed by atoms with van der Waals surface area (Å²) in [5.74, 6) is 7.96. The molecule has 0 aliphatic carbocycles. The Morgan fingerprint density at radius 2 is 1.31 bits per heavy atom. The average molecular weight is 990 g/mol. The Morgan fingerprint density at radius 1 is 0.621 bits per heavy atom. The Hall–Kier alpha value is -5.92. The molecule has 0 N–H and O–H groups in total. The van der Waals surface area contributed by atoms with Crippen LogP contribution in [0.15, 0.2) is 174 Å². The van der Waals surface area contributed by atoms with Crippen molar-refractivity contribution in [1.29, 1.82) is 0 Å². The van der Waals surface area contributed by atoms with E-state index >= 15 is 0 Å². The number of hydrogen-bond acceptors (Lipinski definition) is 4. The van der Waals surface area contributed by atoms with E-state index in [2.05, 4.69) is 165 Å². The molecule has 0 spiro atoms. The van der Waals surface area contributed by atoms with Crippen LogP contribution in [-0.2, 0) is 20.1 Å². The standard InChI is InChI=1S/C37H24N3O.C14H16GeN.Ir/c1-24-19-21-30-31-23-27(20-22-34(31)41-37(30)38-24)36-39-32-17-8-9-18-33(32)40(36)35-28(25-11-4-2-5-12-25)15-10-16-29(35)26-13-6-3-7-14-26;1-15(2,3)13-9-10-14(16-11-13)12-7-5-4-6-8-12;/h2-19,21-23H,1H3;4-7,9-11H,1-3H3;/q2*-1;. The first-order valence-electron chi connectivity index (χ1n) is 19.2. The SMILES string of the molecule is Cc1ccc2c(n1)oc1c[c-]c(-c3nc4ccccc4n3-c3c(-c4ccccc4)cccc3-c3ccccc3)cc12.[CH3][Ge]([CH3])([CH3])[c]1ccc(-c2[c-]cccc2)nc1.[Ir]. The van der Waals surface area contributed by atoms with Gasteiger partial charge in [-0.3, -0.25) is 4.98 Å². The normalized spacial score (nSPS) is 11.3. The van der Waals surface area contributed by atoms with Crippen molar-refractivity contribution in [1.82, 2.24) is 19.5 Å². The van der Waals surface area contributed by atoms with Crippen LogP contribution in [0.5, 0.6) is 0 Å². The van der Waals surface area contributed by atoms with Crippen LogP contribution in [0.3, 0.4) is 0 Å². The fourth-order valence-electron chi connectivity index (χ4n) is 7.29. The summed E-state index contributed by atoms with van der Waals surface area (Å²) in [6, 6.07) is 63.1. The number of para-hydroxylation sites is 3. The molecule has 0 fully saturated rings. The Morgan fingerprint density at radius 3 is 1.97 bits per heavy atom. The second kappa shape index (κ2) is 16.5. The molecule has 0 amide bonds. The van der Waals surface area contributed by atoms with Gasteiger partial charge < -0.3 is 8.98 Å². The number of rotatable bonds is 6. The molecule has 10 rings (SSSR count). The van der Waals surface area contributed by atoms with Gasteiger partial charge in [0.2, 0.25) is 5.71 Å². The molecule has 6 aromatic carbocycles. The summed E-state index contributed by atoms with van der Waals surface area (Å²) in [6.07, 6.45) is 2.04. The topological polar surface area (TPSA) is 56.7 Å². The molecule has 0 bridgehead atoms. The van der Waals surface area contributed by atoms with Gasteiger partial charge >= 0.3 is 99.8 Å². The van der Waals surface area contributed by atoms with Gasteiger partial charge in [0.1, 0.15) is 0 Å². The van der Waals surface area contributed by atoms with Gasteiger partial charge in [-0.1, -0.05) is 96.4 Å². The van der Waals surface area contributed by atoms with Crippen LogP contribution in [-0.4, -0.2) is 32.8 Å². The van der Waals surface area contributed by atoms with Gasteiger partial charge in [0.15, 0.2) is 0 Å². The second-order valence-corrected chi connectivity index (χ2v) is 25.8. The van der Waals surface area contributed by atoms with Gasteiger partial charge in [0.25, 0.3) is 0 Å². The maximum atomic E-state index is 6.08. The van der Waals surface area contributed by atoms with Gasteiger partial charge in [0, 0.05) is 42.3 Å². The first kappa shape index (κ1) is 38.9. The summed E-state index contributed by atoms with van der Waals surface area (Å²) in [6.45, 7) is 1.97. The molecule has 0 unspecified atom stereocenters. The number of aromatic nitrogens is 4. The van der Waals surface area contributed by atoms with Crippen LogP contribution in [0.2, 0.25) is 17.3 Å². The largest absolute Gasteiger partial charge is 0 e. The second-order valence-electron chi connectivity index (χ2n) is 15.2. The Labute approximate surface area is 355 Å². The monoisotopic (exact) mass is 991 g/mol. The van der Waals surface area contributed by atoms with E-state index in [1.165, 1.54) is 4.40 Å². The van der Waals surface area contributed by atoms with Gasteiger partial charge in [-0.2, -0.15) is 0 Å². The summed E-state index contributed by atoms with van der Waals surface area (Å²) in [5.41, 5.74) is 12.9. The van der Waals surface area contributed by atoms with Crippen LogP contribution in [0, 0.1) is 19.1 Å². The van der Waals surface area contributed by atoms with Crippen LogP contribution < -0.4 is 4.40 Å². The minimum Gasteiger partial charge on any atom is 0 e.